The number of esters is 1. The minimum atomic E-state index is -0.445. The summed E-state index contributed by atoms with van der Waals surface area (Å²) in [6.07, 6.45) is 0. The van der Waals surface area contributed by atoms with Crippen molar-refractivity contribution in [2.24, 2.45) is 0 Å². The minimum Gasteiger partial charge on any atom is -0.457 e. The zero-order valence-corrected chi connectivity index (χ0v) is 14.8. The fourth-order valence-electron chi connectivity index (χ4n) is 2.84. The second-order valence-corrected chi connectivity index (χ2v) is 6.30. The van der Waals surface area contributed by atoms with Gasteiger partial charge in [0.2, 0.25) is 0 Å². The summed E-state index contributed by atoms with van der Waals surface area (Å²) < 4.78 is 10.8. The molecule has 3 rings (SSSR count). The second kappa shape index (κ2) is 6.55. The lowest BCUT2D eigenvalue weighted by atomic mass is 10.0. The molecule has 0 unspecified atom stereocenters. The molecule has 0 fully saturated rings. The zero-order chi connectivity index (χ0) is 18.1. The Kier molecular flexibility index (Phi) is 4.45. The second-order valence-electron chi connectivity index (χ2n) is 6.30. The summed E-state index contributed by atoms with van der Waals surface area (Å²) in [4.78, 5) is 24.3. The molecule has 0 bridgehead atoms. The Morgan fingerprint density at radius 3 is 2.48 bits per heavy atom. The number of fused-ring (bicyclic) bond motifs is 1. The molecule has 4 heteroatoms. The standard InChI is InChI=1S/C21H20O4/c1-12-6-5-7-17(14(12)3)21(23)24-11-16-10-19(22)25-20-15(4)13(2)8-9-18(16)20/h5-10H,11H2,1-4H3. The molecule has 0 aliphatic heterocycles. The summed E-state index contributed by atoms with van der Waals surface area (Å²) in [7, 11) is 0. The summed E-state index contributed by atoms with van der Waals surface area (Å²) in [5, 5.41) is 0.788. The highest BCUT2D eigenvalue weighted by Crippen LogP contribution is 2.24. The van der Waals surface area contributed by atoms with Crippen molar-refractivity contribution in [2.45, 2.75) is 34.3 Å². The van der Waals surface area contributed by atoms with Gasteiger partial charge in [-0.1, -0.05) is 24.3 Å². The first-order valence-corrected chi connectivity index (χ1v) is 8.14. The molecular formula is C21H20O4. The Hall–Kier alpha value is -2.88. The van der Waals surface area contributed by atoms with Crippen molar-refractivity contribution in [3.8, 4) is 0 Å². The predicted molar refractivity (Wildman–Crippen MR) is 97.0 cm³/mol. The molecule has 0 radical (unpaired) electrons. The topological polar surface area (TPSA) is 56.5 Å². The van der Waals surface area contributed by atoms with E-state index < -0.39 is 11.6 Å². The summed E-state index contributed by atoms with van der Waals surface area (Å²) in [6, 6.07) is 10.8. The molecule has 25 heavy (non-hydrogen) atoms. The first kappa shape index (κ1) is 17.0. The first-order chi connectivity index (χ1) is 11.9. The lowest BCUT2D eigenvalue weighted by molar-refractivity contribution is 0.0473. The molecule has 0 aliphatic carbocycles. The van der Waals surface area contributed by atoms with Gasteiger partial charge in [0.25, 0.3) is 0 Å². The number of ether oxygens (including phenoxy) is 1. The molecule has 4 nitrogen and oxygen atoms in total. The van der Waals surface area contributed by atoms with Crippen LogP contribution >= 0.6 is 0 Å². The number of hydrogen-bond acceptors (Lipinski definition) is 4. The Labute approximate surface area is 146 Å². The first-order valence-electron chi connectivity index (χ1n) is 8.14. The average molecular weight is 336 g/mol. The fraction of sp³-hybridized carbons (Fsp3) is 0.238. The number of benzene rings is 2. The third kappa shape index (κ3) is 3.20. The highest BCUT2D eigenvalue weighted by molar-refractivity contribution is 5.91. The molecule has 3 aromatic rings. The van der Waals surface area contributed by atoms with Crippen molar-refractivity contribution in [3.05, 3.63) is 80.2 Å². The van der Waals surface area contributed by atoms with Crippen molar-refractivity contribution in [1.82, 2.24) is 0 Å². The van der Waals surface area contributed by atoms with Crippen molar-refractivity contribution < 1.29 is 13.9 Å². The molecule has 1 aromatic heterocycles. The Bertz CT molecular complexity index is 1030. The van der Waals surface area contributed by atoms with Gasteiger partial charge in [-0.05, 0) is 56.0 Å². The van der Waals surface area contributed by atoms with Gasteiger partial charge >= 0.3 is 11.6 Å². The Balaban J connectivity index is 1.94. The van der Waals surface area contributed by atoms with Gasteiger partial charge in [0, 0.05) is 17.0 Å². The van der Waals surface area contributed by atoms with E-state index >= 15 is 0 Å². The van der Waals surface area contributed by atoms with Gasteiger partial charge < -0.3 is 9.15 Å². The monoisotopic (exact) mass is 336 g/mol. The molecule has 0 saturated heterocycles. The highest BCUT2D eigenvalue weighted by Gasteiger charge is 2.14. The van der Waals surface area contributed by atoms with E-state index in [0.29, 0.717) is 16.7 Å². The maximum atomic E-state index is 12.4. The van der Waals surface area contributed by atoms with Gasteiger partial charge in [-0.25, -0.2) is 9.59 Å². The number of rotatable bonds is 3. The van der Waals surface area contributed by atoms with Crippen LogP contribution in [-0.4, -0.2) is 5.97 Å². The molecule has 0 atom stereocenters. The van der Waals surface area contributed by atoms with E-state index in [9.17, 15) is 9.59 Å². The number of hydrogen-bond donors (Lipinski definition) is 0. The molecule has 0 spiro atoms. The largest absolute Gasteiger partial charge is 0.457 e. The van der Waals surface area contributed by atoms with E-state index in [2.05, 4.69) is 0 Å². The molecule has 0 N–H and O–H groups in total. The van der Waals surface area contributed by atoms with Crippen LogP contribution in [0.15, 0.2) is 45.6 Å². The van der Waals surface area contributed by atoms with E-state index in [1.807, 2.05) is 52.0 Å². The van der Waals surface area contributed by atoms with Crippen LogP contribution in [0.1, 0.15) is 38.2 Å². The normalized spacial score (nSPS) is 10.9. The summed E-state index contributed by atoms with van der Waals surface area (Å²) in [6.45, 7) is 7.74. The van der Waals surface area contributed by atoms with Gasteiger partial charge in [0.15, 0.2) is 0 Å². The van der Waals surface area contributed by atoms with E-state index in [1.54, 1.807) is 6.07 Å². The van der Waals surface area contributed by atoms with Crippen molar-refractivity contribution >= 4 is 16.9 Å². The molecule has 1 heterocycles. The Morgan fingerprint density at radius 1 is 1.00 bits per heavy atom. The van der Waals surface area contributed by atoms with E-state index in [4.69, 9.17) is 9.15 Å². The van der Waals surface area contributed by atoms with Crippen LogP contribution in [0, 0.1) is 27.7 Å². The van der Waals surface area contributed by atoms with Crippen LogP contribution in [0.25, 0.3) is 11.0 Å². The lowest BCUT2D eigenvalue weighted by Crippen LogP contribution is -2.10. The SMILES string of the molecule is Cc1cccc(C(=O)OCc2cc(=O)oc3c(C)c(C)ccc23)c1C. The molecule has 0 saturated carbocycles. The maximum Gasteiger partial charge on any atom is 0.338 e. The van der Waals surface area contributed by atoms with Gasteiger partial charge in [-0.3, -0.25) is 0 Å². The number of carbonyl (C=O) groups excluding carboxylic acids is 1. The van der Waals surface area contributed by atoms with E-state index in [0.717, 1.165) is 27.6 Å². The third-order valence-corrected chi connectivity index (χ3v) is 4.70. The van der Waals surface area contributed by atoms with Crippen LogP contribution in [0.3, 0.4) is 0 Å². The average Bonchev–Trinajstić information content (AvgIpc) is 2.58. The summed E-state index contributed by atoms with van der Waals surface area (Å²) in [5.41, 5.74) is 5.18. The summed E-state index contributed by atoms with van der Waals surface area (Å²) >= 11 is 0. The van der Waals surface area contributed by atoms with Crippen LogP contribution in [0.4, 0.5) is 0 Å². The smallest absolute Gasteiger partial charge is 0.338 e. The number of aryl methyl sites for hydroxylation is 3. The fourth-order valence-corrected chi connectivity index (χ4v) is 2.84. The molecule has 0 amide bonds. The van der Waals surface area contributed by atoms with Crippen LogP contribution in [0.2, 0.25) is 0 Å². The minimum absolute atomic E-state index is 0.0246. The van der Waals surface area contributed by atoms with E-state index in [-0.39, 0.29) is 6.61 Å². The number of carbonyl (C=O) groups is 1. The summed E-state index contributed by atoms with van der Waals surface area (Å²) in [5.74, 6) is -0.397. The molecule has 0 aliphatic rings. The highest BCUT2D eigenvalue weighted by atomic mass is 16.5. The van der Waals surface area contributed by atoms with Gasteiger partial charge in [0.05, 0.1) is 5.56 Å². The quantitative estimate of drug-likeness (QED) is 0.526. The van der Waals surface area contributed by atoms with Crippen LogP contribution in [-0.2, 0) is 11.3 Å². The Morgan fingerprint density at radius 2 is 1.72 bits per heavy atom. The maximum absolute atomic E-state index is 12.4. The predicted octanol–water partition coefficient (Wildman–Crippen LogP) is 4.38. The molecular weight excluding hydrogens is 316 g/mol. The van der Waals surface area contributed by atoms with Gasteiger partial charge in [-0.15, -0.1) is 0 Å². The van der Waals surface area contributed by atoms with Crippen LogP contribution in [0.5, 0.6) is 0 Å². The van der Waals surface area contributed by atoms with Crippen LogP contribution < -0.4 is 5.63 Å². The lowest BCUT2D eigenvalue weighted by Gasteiger charge is -2.11. The van der Waals surface area contributed by atoms with Crippen molar-refractivity contribution in [2.75, 3.05) is 0 Å². The van der Waals surface area contributed by atoms with Gasteiger partial charge in [0.1, 0.15) is 12.2 Å². The third-order valence-electron chi connectivity index (χ3n) is 4.70. The molecule has 2 aromatic carbocycles. The molecule has 128 valence electrons. The van der Waals surface area contributed by atoms with Gasteiger partial charge in [-0.2, -0.15) is 0 Å². The van der Waals surface area contributed by atoms with E-state index in [1.165, 1.54) is 6.07 Å². The van der Waals surface area contributed by atoms with Crippen molar-refractivity contribution in [1.29, 1.82) is 0 Å². The zero-order valence-electron chi connectivity index (χ0n) is 14.8. The van der Waals surface area contributed by atoms with Crippen molar-refractivity contribution in [3.63, 3.8) is 0 Å².